The monoisotopic (exact) mass is 392 g/mol. The zero-order valence-electron chi connectivity index (χ0n) is 16.6. The zero-order valence-corrected chi connectivity index (χ0v) is 16.6. The van der Waals surface area contributed by atoms with E-state index < -0.39 is 58.7 Å². The lowest BCUT2D eigenvalue weighted by atomic mass is 9.37. The fraction of sp³-hybridized carbons (Fsp3) is 0.810. The van der Waals surface area contributed by atoms with Crippen LogP contribution < -0.4 is 0 Å². The van der Waals surface area contributed by atoms with Crippen LogP contribution in [0.5, 0.6) is 0 Å². The molecule has 0 radical (unpaired) electrons. The molecule has 3 N–H and O–H groups in total. The number of fused-ring (bicyclic) bond motifs is 2. The van der Waals surface area contributed by atoms with Gasteiger partial charge in [0.25, 0.3) is 0 Å². The van der Waals surface area contributed by atoms with Crippen molar-refractivity contribution in [3.63, 3.8) is 0 Å². The van der Waals surface area contributed by atoms with E-state index in [0.717, 1.165) is 5.57 Å². The van der Waals surface area contributed by atoms with Crippen molar-refractivity contribution >= 4 is 11.8 Å². The molecule has 11 atom stereocenters. The first kappa shape index (κ1) is 18.7. The highest BCUT2D eigenvalue weighted by atomic mass is 16.6. The molecule has 2 saturated heterocycles. The molecule has 2 heterocycles. The number of rotatable bonds is 0. The first-order valence-electron chi connectivity index (χ1n) is 10.1. The Hall–Kier alpha value is -1.28. The first-order valence-corrected chi connectivity index (χ1v) is 10.1. The second-order valence-corrected chi connectivity index (χ2v) is 10.0. The van der Waals surface area contributed by atoms with Crippen molar-refractivity contribution in [1.29, 1.82) is 0 Å². The summed E-state index contributed by atoms with van der Waals surface area (Å²) >= 11 is 0. The SMILES string of the molecule is CC1=CC(=O)[C@@H](O)[C@]2(C)[C@H]3[C@@H](O)[C@H](C)[C@@]4(C)OC[C@@]35[C@@H](C[C@@H]12)OC(=O)[C@H](O)[C@@H]45. The van der Waals surface area contributed by atoms with Crippen molar-refractivity contribution in [3.8, 4) is 0 Å². The number of hydrogen-bond acceptors (Lipinski definition) is 7. The number of ether oxygens (including phenoxy) is 2. The van der Waals surface area contributed by atoms with Gasteiger partial charge in [-0.2, -0.15) is 0 Å². The van der Waals surface area contributed by atoms with Gasteiger partial charge in [0, 0.05) is 28.6 Å². The Balaban J connectivity index is 1.78. The number of ketones is 1. The molecular weight excluding hydrogens is 364 g/mol. The molecule has 154 valence electrons. The third-order valence-corrected chi connectivity index (χ3v) is 9.23. The van der Waals surface area contributed by atoms with E-state index in [9.17, 15) is 24.9 Å². The van der Waals surface area contributed by atoms with Gasteiger partial charge in [0.15, 0.2) is 11.9 Å². The Morgan fingerprint density at radius 3 is 2.50 bits per heavy atom. The molecule has 2 saturated carbocycles. The molecule has 1 spiro atoms. The minimum Gasteiger partial charge on any atom is -0.460 e. The predicted octanol–water partition coefficient (Wildman–Crippen LogP) is 0.207. The van der Waals surface area contributed by atoms with Crippen LogP contribution in [0, 0.1) is 34.5 Å². The molecule has 5 rings (SSSR count). The molecule has 0 aromatic heterocycles. The maximum Gasteiger partial charge on any atom is 0.335 e. The number of aliphatic hydroxyl groups is 3. The van der Waals surface area contributed by atoms with E-state index in [1.54, 1.807) is 0 Å². The lowest BCUT2D eigenvalue weighted by Crippen LogP contribution is -2.77. The van der Waals surface area contributed by atoms with Gasteiger partial charge >= 0.3 is 5.97 Å². The van der Waals surface area contributed by atoms with Gasteiger partial charge in [0.05, 0.1) is 18.3 Å². The van der Waals surface area contributed by atoms with Crippen LogP contribution in [0.4, 0.5) is 0 Å². The summed E-state index contributed by atoms with van der Waals surface area (Å²) in [5.41, 5.74) is -1.82. The molecule has 0 unspecified atom stereocenters. The van der Waals surface area contributed by atoms with E-state index in [2.05, 4.69) is 0 Å². The molecular formula is C21H28O7. The largest absolute Gasteiger partial charge is 0.460 e. The molecule has 2 aliphatic heterocycles. The van der Waals surface area contributed by atoms with Crippen molar-refractivity contribution in [2.75, 3.05) is 6.61 Å². The molecule has 4 fully saturated rings. The highest BCUT2D eigenvalue weighted by molar-refractivity contribution is 5.96. The van der Waals surface area contributed by atoms with Gasteiger partial charge < -0.3 is 24.8 Å². The van der Waals surface area contributed by atoms with Crippen LogP contribution in [-0.2, 0) is 19.1 Å². The van der Waals surface area contributed by atoms with E-state index in [1.165, 1.54) is 6.08 Å². The Labute approximate surface area is 163 Å². The number of carbonyl (C=O) groups is 2. The number of carbonyl (C=O) groups excluding carboxylic acids is 2. The van der Waals surface area contributed by atoms with Crippen molar-refractivity contribution in [2.45, 2.75) is 64.1 Å². The highest BCUT2D eigenvalue weighted by Crippen LogP contribution is 2.73. The van der Waals surface area contributed by atoms with Crippen LogP contribution in [0.15, 0.2) is 11.6 Å². The Bertz CT molecular complexity index is 807. The van der Waals surface area contributed by atoms with Gasteiger partial charge in [0.2, 0.25) is 0 Å². The molecule has 7 heteroatoms. The van der Waals surface area contributed by atoms with Crippen LogP contribution in [-0.4, -0.2) is 63.7 Å². The standard InChI is InChI=1S/C21H28O7/c1-8-5-11(22)17(25)19(3)10(8)6-12-21-7-27-20(4,9(2)13(23)15(19)21)16(21)14(24)18(26)28-12/h5,9-10,12-17,23-25H,6-7H2,1-4H3/t9-,10-,12+,13-,14+,15+,16-,17+,19-,20+,21+/m0/s1. The number of allylic oxidation sites excluding steroid dienone is 1. The third-order valence-electron chi connectivity index (χ3n) is 9.23. The number of esters is 1. The van der Waals surface area contributed by atoms with Gasteiger partial charge in [-0.1, -0.05) is 19.4 Å². The minimum atomic E-state index is -1.35. The van der Waals surface area contributed by atoms with Crippen LogP contribution in [0.3, 0.4) is 0 Å². The maximum absolute atomic E-state index is 12.6. The van der Waals surface area contributed by atoms with Crippen molar-refractivity contribution in [1.82, 2.24) is 0 Å². The predicted molar refractivity (Wildman–Crippen MR) is 95.8 cm³/mol. The van der Waals surface area contributed by atoms with Gasteiger partial charge in [-0.15, -0.1) is 0 Å². The van der Waals surface area contributed by atoms with Crippen LogP contribution in [0.2, 0.25) is 0 Å². The fourth-order valence-corrected chi connectivity index (χ4v) is 7.84. The van der Waals surface area contributed by atoms with E-state index in [-0.39, 0.29) is 24.2 Å². The highest BCUT2D eigenvalue weighted by Gasteiger charge is 2.81. The smallest absolute Gasteiger partial charge is 0.335 e. The lowest BCUT2D eigenvalue weighted by molar-refractivity contribution is -0.286. The first-order chi connectivity index (χ1) is 13.0. The van der Waals surface area contributed by atoms with Gasteiger partial charge in [-0.3, -0.25) is 4.79 Å². The molecule has 0 amide bonds. The minimum absolute atomic E-state index is 0.212. The van der Waals surface area contributed by atoms with Crippen LogP contribution in [0.25, 0.3) is 0 Å². The maximum atomic E-state index is 12.6. The molecule has 2 bridgehead atoms. The molecule has 0 aromatic rings. The summed E-state index contributed by atoms with van der Waals surface area (Å²) in [5.74, 6) is -2.71. The van der Waals surface area contributed by atoms with Crippen molar-refractivity contribution < 1.29 is 34.4 Å². The summed E-state index contributed by atoms with van der Waals surface area (Å²) in [6.45, 7) is 7.64. The summed E-state index contributed by atoms with van der Waals surface area (Å²) in [4.78, 5) is 25.1. The number of aliphatic hydroxyl groups excluding tert-OH is 3. The van der Waals surface area contributed by atoms with Crippen molar-refractivity contribution in [2.24, 2.45) is 34.5 Å². The molecule has 3 aliphatic carbocycles. The zero-order chi connectivity index (χ0) is 20.4. The molecule has 0 aromatic carbocycles. The average Bonchev–Trinajstić information content (AvgIpc) is 2.90. The summed E-state index contributed by atoms with van der Waals surface area (Å²) in [5, 5.41) is 33.4. The van der Waals surface area contributed by atoms with Gasteiger partial charge in [-0.05, 0) is 32.3 Å². The van der Waals surface area contributed by atoms with E-state index in [0.29, 0.717) is 6.42 Å². The topological polar surface area (TPSA) is 113 Å². The van der Waals surface area contributed by atoms with Gasteiger partial charge in [0.1, 0.15) is 12.2 Å². The second-order valence-electron chi connectivity index (χ2n) is 10.0. The van der Waals surface area contributed by atoms with E-state index in [4.69, 9.17) is 9.47 Å². The Morgan fingerprint density at radius 2 is 1.82 bits per heavy atom. The van der Waals surface area contributed by atoms with E-state index >= 15 is 0 Å². The molecule has 28 heavy (non-hydrogen) atoms. The summed E-state index contributed by atoms with van der Waals surface area (Å²) < 4.78 is 11.9. The summed E-state index contributed by atoms with van der Waals surface area (Å²) in [7, 11) is 0. The third kappa shape index (κ3) is 1.73. The van der Waals surface area contributed by atoms with Crippen LogP contribution >= 0.6 is 0 Å². The molecule has 5 aliphatic rings. The number of hydrogen-bond donors (Lipinski definition) is 3. The summed E-state index contributed by atoms with van der Waals surface area (Å²) in [6, 6.07) is 0. The summed E-state index contributed by atoms with van der Waals surface area (Å²) in [6.07, 6.45) is -2.10. The Morgan fingerprint density at radius 1 is 1.14 bits per heavy atom. The lowest BCUT2D eigenvalue weighted by Gasteiger charge is -2.68. The fourth-order valence-electron chi connectivity index (χ4n) is 7.84. The van der Waals surface area contributed by atoms with E-state index in [1.807, 2.05) is 27.7 Å². The van der Waals surface area contributed by atoms with Crippen LogP contribution in [0.1, 0.15) is 34.1 Å². The second kappa shape index (κ2) is 5.25. The Kier molecular flexibility index (Phi) is 3.51. The molecule has 7 nitrogen and oxygen atoms in total. The van der Waals surface area contributed by atoms with Gasteiger partial charge in [-0.25, -0.2) is 4.79 Å². The normalized spacial score (nSPS) is 59.9. The average molecular weight is 392 g/mol. The van der Waals surface area contributed by atoms with Crippen molar-refractivity contribution in [3.05, 3.63) is 11.6 Å². The quantitative estimate of drug-likeness (QED) is 0.505.